The van der Waals surface area contributed by atoms with Crippen molar-refractivity contribution in [2.24, 2.45) is 0 Å². The third-order valence-electron chi connectivity index (χ3n) is 4.70. The zero-order valence-corrected chi connectivity index (χ0v) is 17.5. The Kier molecular flexibility index (Phi) is 6.53. The molecule has 0 fully saturated rings. The van der Waals surface area contributed by atoms with Crippen LogP contribution in [-0.4, -0.2) is 23.0 Å². The highest BCUT2D eigenvalue weighted by Gasteiger charge is 2.03. The van der Waals surface area contributed by atoms with Gasteiger partial charge in [-0.25, -0.2) is 9.97 Å². The summed E-state index contributed by atoms with van der Waals surface area (Å²) in [6.07, 6.45) is 4.79. The normalized spacial score (nSPS) is 10.7. The molecule has 1 amide bonds. The van der Waals surface area contributed by atoms with Crippen molar-refractivity contribution in [2.75, 3.05) is 17.7 Å². The number of anilines is 3. The Bertz CT molecular complexity index is 1200. The molecular formula is C26H22N4O2. The molecule has 4 rings (SSSR count). The lowest BCUT2D eigenvalue weighted by Crippen LogP contribution is -2.07. The molecule has 0 atom stereocenters. The summed E-state index contributed by atoms with van der Waals surface area (Å²) < 4.78 is 5.13. The van der Waals surface area contributed by atoms with Crippen molar-refractivity contribution in [3.8, 4) is 17.0 Å². The molecule has 0 saturated carbocycles. The van der Waals surface area contributed by atoms with Crippen molar-refractivity contribution >= 4 is 29.2 Å². The van der Waals surface area contributed by atoms with Crippen molar-refractivity contribution < 1.29 is 9.53 Å². The van der Waals surface area contributed by atoms with Gasteiger partial charge in [0, 0.05) is 29.1 Å². The summed E-state index contributed by atoms with van der Waals surface area (Å²) in [6, 6.07) is 26.7. The Labute approximate surface area is 186 Å². The largest absolute Gasteiger partial charge is 0.497 e. The Morgan fingerprint density at radius 2 is 1.59 bits per heavy atom. The van der Waals surface area contributed by atoms with E-state index in [1.54, 1.807) is 13.2 Å². The number of nitrogens with zero attached hydrogens (tertiary/aromatic N) is 2. The lowest BCUT2D eigenvalue weighted by molar-refractivity contribution is -0.111. The second kappa shape index (κ2) is 10.0. The molecule has 0 bridgehead atoms. The summed E-state index contributed by atoms with van der Waals surface area (Å²) in [4.78, 5) is 20.8. The number of methoxy groups -OCH3 is 1. The minimum Gasteiger partial charge on any atom is -0.497 e. The Morgan fingerprint density at radius 1 is 0.875 bits per heavy atom. The monoisotopic (exact) mass is 422 g/mol. The van der Waals surface area contributed by atoms with E-state index < -0.39 is 0 Å². The van der Waals surface area contributed by atoms with Gasteiger partial charge in [-0.3, -0.25) is 4.79 Å². The number of benzene rings is 3. The molecule has 0 aliphatic rings. The minimum absolute atomic E-state index is 0.204. The molecule has 4 aromatic rings. The van der Waals surface area contributed by atoms with Gasteiger partial charge in [-0.1, -0.05) is 42.5 Å². The van der Waals surface area contributed by atoms with Gasteiger partial charge < -0.3 is 15.4 Å². The fourth-order valence-electron chi connectivity index (χ4n) is 3.05. The molecule has 3 aromatic carbocycles. The maximum atomic E-state index is 12.2. The maximum absolute atomic E-state index is 12.2. The summed E-state index contributed by atoms with van der Waals surface area (Å²) in [7, 11) is 1.62. The number of ether oxygens (including phenoxy) is 1. The van der Waals surface area contributed by atoms with Crippen LogP contribution in [0.5, 0.6) is 5.75 Å². The van der Waals surface area contributed by atoms with Gasteiger partial charge >= 0.3 is 0 Å². The van der Waals surface area contributed by atoms with E-state index >= 15 is 0 Å². The highest BCUT2D eigenvalue weighted by Crippen LogP contribution is 2.22. The number of rotatable bonds is 7. The molecule has 6 nitrogen and oxygen atoms in total. The van der Waals surface area contributed by atoms with Crippen LogP contribution in [0.4, 0.5) is 17.2 Å². The number of hydrogen-bond donors (Lipinski definition) is 2. The van der Waals surface area contributed by atoms with E-state index in [-0.39, 0.29) is 5.91 Å². The van der Waals surface area contributed by atoms with Crippen molar-refractivity contribution in [3.63, 3.8) is 0 Å². The average molecular weight is 422 g/mol. The van der Waals surface area contributed by atoms with Crippen LogP contribution in [0.3, 0.4) is 0 Å². The van der Waals surface area contributed by atoms with E-state index in [4.69, 9.17) is 4.74 Å². The van der Waals surface area contributed by atoms with Crippen molar-refractivity contribution in [3.05, 3.63) is 103 Å². The highest BCUT2D eigenvalue weighted by molar-refractivity contribution is 6.02. The third-order valence-corrected chi connectivity index (χ3v) is 4.70. The Morgan fingerprint density at radius 3 is 2.31 bits per heavy atom. The lowest BCUT2D eigenvalue weighted by Gasteiger charge is -2.08. The first-order chi connectivity index (χ1) is 15.7. The molecule has 6 heteroatoms. The zero-order chi connectivity index (χ0) is 22.2. The van der Waals surface area contributed by atoms with Gasteiger partial charge in [-0.05, 0) is 48.0 Å². The molecular weight excluding hydrogens is 400 g/mol. The maximum Gasteiger partial charge on any atom is 0.248 e. The van der Waals surface area contributed by atoms with Gasteiger partial charge in [0.1, 0.15) is 17.9 Å². The molecule has 32 heavy (non-hydrogen) atoms. The van der Waals surface area contributed by atoms with Gasteiger partial charge in [0.25, 0.3) is 0 Å². The molecule has 0 spiro atoms. The predicted molar refractivity (Wildman–Crippen MR) is 128 cm³/mol. The van der Waals surface area contributed by atoms with Crippen LogP contribution in [0.2, 0.25) is 0 Å². The number of nitrogens with one attached hydrogen (secondary N) is 2. The van der Waals surface area contributed by atoms with Crippen LogP contribution in [0.15, 0.2) is 97.3 Å². The second-order valence-electron chi connectivity index (χ2n) is 6.95. The summed E-state index contributed by atoms with van der Waals surface area (Å²) >= 11 is 0. The molecule has 1 heterocycles. The van der Waals surface area contributed by atoms with Crippen LogP contribution in [0.25, 0.3) is 17.3 Å². The van der Waals surface area contributed by atoms with E-state index in [1.165, 1.54) is 12.4 Å². The average Bonchev–Trinajstić information content (AvgIpc) is 2.85. The third kappa shape index (κ3) is 5.58. The first-order valence-electron chi connectivity index (χ1n) is 10.1. The van der Waals surface area contributed by atoms with Crippen LogP contribution < -0.4 is 15.4 Å². The van der Waals surface area contributed by atoms with Gasteiger partial charge in [0.15, 0.2) is 0 Å². The topological polar surface area (TPSA) is 76.1 Å². The van der Waals surface area contributed by atoms with Gasteiger partial charge in [-0.2, -0.15) is 0 Å². The van der Waals surface area contributed by atoms with Crippen molar-refractivity contribution in [1.82, 2.24) is 9.97 Å². The highest BCUT2D eigenvalue weighted by atomic mass is 16.5. The predicted octanol–water partition coefficient (Wildman–Crippen LogP) is 5.55. The fourth-order valence-corrected chi connectivity index (χ4v) is 3.05. The number of carbonyl (C=O) groups is 1. The quantitative estimate of drug-likeness (QED) is 0.382. The van der Waals surface area contributed by atoms with Crippen LogP contribution in [0.1, 0.15) is 5.56 Å². The van der Waals surface area contributed by atoms with Crippen molar-refractivity contribution in [2.45, 2.75) is 0 Å². The molecule has 158 valence electrons. The Hall–Kier alpha value is -4.45. The van der Waals surface area contributed by atoms with E-state index in [2.05, 4.69) is 20.6 Å². The van der Waals surface area contributed by atoms with Gasteiger partial charge in [-0.15, -0.1) is 0 Å². The van der Waals surface area contributed by atoms with E-state index in [9.17, 15) is 4.79 Å². The first kappa shape index (κ1) is 20.8. The second-order valence-corrected chi connectivity index (χ2v) is 6.95. The standard InChI is InChI=1S/C26H22N4O2/c1-32-23-14-7-19(8-15-23)9-16-26(31)30-22-12-10-21(11-13-22)29-25-17-24(27-18-28-25)20-5-3-2-4-6-20/h2-18H,1H3,(H,30,31)(H,27,28,29)/b16-9+. The SMILES string of the molecule is COc1ccc(/C=C/C(=O)Nc2ccc(Nc3cc(-c4ccccc4)ncn3)cc2)cc1. The first-order valence-corrected chi connectivity index (χ1v) is 10.1. The molecule has 0 unspecified atom stereocenters. The number of hydrogen-bond acceptors (Lipinski definition) is 5. The van der Waals surface area contributed by atoms with E-state index in [0.29, 0.717) is 11.5 Å². The van der Waals surface area contributed by atoms with Crippen LogP contribution in [-0.2, 0) is 4.79 Å². The van der Waals surface area contributed by atoms with Gasteiger partial charge in [0.2, 0.25) is 5.91 Å². The van der Waals surface area contributed by atoms with E-state index in [0.717, 1.165) is 28.3 Å². The summed E-state index contributed by atoms with van der Waals surface area (Å²) in [6.45, 7) is 0. The van der Waals surface area contributed by atoms with Crippen molar-refractivity contribution in [1.29, 1.82) is 0 Å². The number of aromatic nitrogens is 2. The zero-order valence-electron chi connectivity index (χ0n) is 17.5. The lowest BCUT2D eigenvalue weighted by atomic mass is 10.1. The number of carbonyl (C=O) groups excluding carboxylic acids is 1. The van der Waals surface area contributed by atoms with Gasteiger partial charge in [0.05, 0.1) is 12.8 Å². The Balaban J connectivity index is 1.36. The molecule has 2 N–H and O–H groups in total. The minimum atomic E-state index is -0.204. The molecule has 1 aromatic heterocycles. The number of amides is 1. The van der Waals surface area contributed by atoms with Crippen LogP contribution >= 0.6 is 0 Å². The molecule has 0 radical (unpaired) electrons. The van der Waals surface area contributed by atoms with E-state index in [1.807, 2.05) is 84.9 Å². The molecule has 0 saturated heterocycles. The fraction of sp³-hybridized carbons (Fsp3) is 0.0385. The molecule has 0 aliphatic heterocycles. The smallest absolute Gasteiger partial charge is 0.248 e. The summed E-state index contributed by atoms with van der Waals surface area (Å²) in [5.74, 6) is 1.27. The summed E-state index contributed by atoms with van der Waals surface area (Å²) in [5.41, 5.74) is 4.34. The molecule has 0 aliphatic carbocycles. The summed E-state index contributed by atoms with van der Waals surface area (Å²) in [5, 5.41) is 6.12. The van der Waals surface area contributed by atoms with Crippen LogP contribution in [0, 0.1) is 0 Å².